The van der Waals surface area contributed by atoms with E-state index in [1.165, 1.54) is 61.4 Å². The molecule has 2 aromatic carbocycles. The van der Waals surface area contributed by atoms with Crippen molar-refractivity contribution in [3.63, 3.8) is 0 Å². The fourth-order valence-corrected chi connectivity index (χ4v) is 6.52. The van der Waals surface area contributed by atoms with Gasteiger partial charge < -0.3 is 35.8 Å². The Bertz CT molecular complexity index is 1790. The lowest BCUT2D eigenvalue weighted by atomic mass is 10.0. The number of halogens is 1. The molecule has 3 aromatic rings. The molecule has 4 N–H and O–H groups in total. The van der Waals surface area contributed by atoms with Crippen LogP contribution in [-0.2, 0) is 25.6 Å². The predicted molar refractivity (Wildman–Crippen MR) is 196 cm³/mol. The van der Waals surface area contributed by atoms with E-state index < -0.39 is 66.2 Å². The number of thiazole rings is 1. The molecule has 0 unspecified atom stereocenters. The molecule has 0 aliphatic carbocycles. The van der Waals surface area contributed by atoms with E-state index in [9.17, 15) is 28.8 Å². The molecule has 0 saturated carbocycles. The highest BCUT2D eigenvalue weighted by Gasteiger charge is 2.31. The number of methoxy groups -OCH3 is 1. The van der Waals surface area contributed by atoms with E-state index in [-0.39, 0.29) is 36.0 Å². The molecular formula is C36H44ClN7O7S. The maximum atomic E-state index is 14.0. The van der Waals surface area contributed by atoms with Crippen LogP contribution in [0.15, 0.2) is 53.9 Å². The van der Waals surface area contributed by atoms with Gasteiger partial charge in [0, 0.05) is 30.5 Å². The quantitative estimate of drug-likeness (QED) is 0.307. The third-order valence-electron chi connectivity index (χ3n) is 8.48. The monoisotopic (exact) mass is 753 g/mol. The second-order valence-electron chi connectivity index (χ2n) is 12.9. The van der Waals surface area contributed by atoms with Crippen LogP contribution >= 0.6 is 22.9 Å². The zero-order chi connectivity index (χ0) is 38.1. The van der Waals surface area contributed by atoms with Crippen molar-refractivity contribution in [2.75, 3.05) is 33.8 Å². The van der Waals surface area contributed by atoms with Crippen molar-refractivity contribution in [2.45, 2.75) is 58.3 Å². The van der Waals surface area contributed by atoms with E-state index in [1.54, 1.807) is 13.8 Å². The van der Waals surface area contributed by atoms with Crippen molar-refractivity contribution in [3.8, 4) is 5.75 Å². The maximum Gasteiger partial charge on any atom is 0.271 e. The molecule has 4 rings (SSSR count). The summed E-state index contributed by atoms with van der Waals surface area (Å²) in [7, 11) is 2.92. The summed E-state index contributed by atoms with van der Waals surface area (Å²) >= 11 is 7.31. The predicted octanol–water partition coefficient (Wildman–Crippen LogP) is 2.58. The van der Waals surface area contributed by atoms with Crippen LogP contribution in [0.4, 0.5) is 0 Å². The van der Waals surface area contributed by atoms with Gasteiger partial charge in [-0.25, -0.2) is 4.98 Å². The standard InChI is InChI=1S/C36H44ClN7O7S/c1-20(2)30-33(48)39-22(4)35(49)43(5)14-15-44(36(50)25-13-12-24(37)17-28(25)51-6)18-29(45)40-26(16-23-10-8-7-9-11-23)34-41-27(19-52-34)32(47)38-21(3)31(46)42-30/h7-13,17,19-22,26,30H,14-16,18H2,1-6H3,(H,38,47)(H,39,48)(H,40,45)(H,42,46)/t21-,22+,26-,30-/m0/s1. The second kappa shape index (κ2) is 18.0. The van der Waals surface area contributed by atoms with Crippen LogP contribution in [0, 0.1) is 5.92 Å². The summed E-state index contributed by atoms with van der Waals surface area (Å²) in [5, 5.41) is 13.3. The van der Waals surface area contributed by atoms with Gasteiger partial charge in [-0.15, -0.1) is 11.3 Å². The third-order valence-corrected chi connectivity index (χ3v) is 9.68. The maximum absolute atomic E-state index is 14.0. The number of hydrogen-bond acceptors (Lipinski definition) is 9. The summed E-state index contributed by atoms with van der Waals surface area (Å²) in [6.45, 7) is 6.03. The summed E-state index contributed by atoms with van der Waals surface area (Å²) in [5.74, 6) is -3.48. The minimum absolute atomic E-state index is 0.00684. The number of nitrogens with zero attached hydrogens (tertiary/aromatic N) is 3. The topological polar surface area (TPSA) is 179 Å². The van der Waals surface area contributed by atoms with E-state index in [0.717, 1.165) is 16.9 Å². The first-order valence-electron chi connectivity index (χ1n) is 16.8. The minimum atomic E-state index is -1.03. The lowest BCUT2D eigenvalue weighted by Gasteiger charge is -2.29. The van der Waals surface area contributed by atoms with Gasteiger partial charge in [0.25, 0.3) is 11.8 Å². The number of aromatic nitrogens is 1. The molecule has 1 aliphatic rings. The molecule has 2 bridgehead atoms. The molecule has 4 atom stereocenters. The molecule has 0 spiro atoms. The van der Waals surface area contributed by atoms with Gasteiger partial charge in [-0.2, -0.15) is 0 Å². The average Bonchev–Trinajstić information content (AvgIpc) is 3.61. The zero-order valence-corrected chi connectivity index (χ0v) is 31.5. The van der Waals surface area contributed by atoms with Crippen LogP contribution in [0.5, 0.6) is 5.75 Å². The molecule has 0 fully saturated rings. The highest BCUT2D eigenvalue weighted by molar-refractivity contribution is 7.09. The Kier molecular flexibility index (Phi) is 13.7. The summed E-state index contributed by atoms with van der Waals surface area (Å²) in [6, 6.07) is 10.2. The van der Waals surface area contributed by atoms with Gasteiger partial charge in [-0.1, -0.05) is 55.8 Å². The number of carbonyl (C=O) groups excluding carboxylic acids is 6. The highest BCUT2D eigenvalue weighted by Crippen LogP contribution is 2.26. The Hall–Kier alpha value is -5.02. The van der Waals surface area contributed by atoms with Crippen LogP contribution < -0.4 is 26.0 Å². The molecule has 6 amide bonds. The number of benzene rings is 2. The number of likely N-dealkylation sites (N-methyl/N-ethyl adjacent to an activating group) is 1. The van der Waals surface area contributed by atoms with Crippen molar-refractivity contribution in [3.05, 3.63) is 80.8 Å². The number of fused-ring (bicyclic) bond motifs is 2. The molecular weight excluding hydrogens is 710 g/mol. The van der Waals surface area contributed by atoms with Gasteiger partial charge in [0.2, 0.25) is 23.6 Å². The molecule has 14 nitrogen and oxygen atoms in total. The van der Waals surface area contributed by atoms with E-state index >= 15 is 0 Å². The smallest absolute Gasteiger partial charge is 0.271 e. The van der Waals surface area contributed by atoms with E-state index in [4.69, 9.17) is 16.3 Å². The van der Waals surface area contributed by atoms with Crippen LogP contribution in [-0.4, -0.2) is 102 Å². The Morgan fingerprint density at radius 2 is 1.67 bits per heavy atom. The summed E-state index contributed by atoms with van der Waals surface area (Å²) in [4.78, 5) is 88.1. The van der Waals surface area contributed by atoms with Crippen LogP contribution in [0.25, 0.3) is 0 Å². The van der Waals surface area contributed by atoms with Gasteiger partial charge in [-0.3, -0.25) is 28.8 Å². The van der Waals surface area contributed by atoms with Gasteiger partial charge in [-0.05, 0) is 49.9 Å². The molecule has 278 valence electrons. The molecule has 52 heavy (non-hydrogen) atoms. The van der Waals surface area contributed by atoms with Gasteiger partial charge in [0.05, 0.1) is 25.3 Å². The first kappa shape index (κ1) is 39.8. The zero-order valence-electron chi connectivity index (χ0n) is 29.9. The van der Waals surface area contributed by atoms with E-state index in [1.807, 2.05) is 30.3 Å². The number of nitrogens with one attached hydrogen (secondary N) is 4. The van der Waals surface area contributed by atoms with Crippen molar-refractivity contribution in [1.29, 1.82) is 0 Å². The lowest BCUT2D eigenvalue weighted by Crippen LogP contribution is -2.57. The lowest BCUT2D eigenvalue weighted by molar-refractivity contribution is -0.136. The molecule has 16 heteroatoms. The number of amides is 6. The summed E-state index contributed by atoms with van der Waals surface area (Å²) in [6.07, 6.45) is 0.325. The van der Waals surface area contributed by atoms with Crippen molar-refractivity contribution in [1.82, 2.24) is 36.1 Å². The van der Waals surface area contributed by atoms with Crippen LogP contribution in [0.3, 0.4) is 0 Å². The Balaban J connectivity index is 1.72. The van der Waals surface area contributed by atoms with Gasteiger partial charge >= 0.3 is 0 Å². The fraction of sp³-hybridized carbons (Fsp3) is 0.417. The Morgan fingerprint density at radius 3 is 2.35 bits per heavy atom. The molecule has 1 aliphatic heterocycles. The first-order chi connectivity index (χ1) is 24.7. The Morgan fingerprint density at radius 1 is 0.962 bits per heavy atom. The summed E-state index contributed by atoms with van der Waals surface area (Å²) in [5.41, 5.74) is 1.09. The van der Waals surface area contributed by atoms with Gasteiger partial charge in [0.1, 0.15) is 34.6 Å². The van der Waals surface area contributed by atoms with Gasteiger partial charge in [0.15, 0.2) is 0 Å². The second-order valence-corrected chi connectivity index (χ2v) is 14.2. The SMILES string of the molecule is COc1cc(Cl)ccc1C(=O)N1CCN(C)C(=O)[C@@H](C)NC(=O)[C@H](C(C)C)NC(=O)[C@H](C)NC(=O)c2csc(n2)[C@H](Cc2ccccc2)NC(=O)C1. The van der Waals surface area contributed by atoms with Crippen LogP contribution in [0.1, 0.15) is 65.2 Å². The van der Waals surface area contributed by atoms with Crippen molar-refractivity contribution in [2.24, 2.45) is 5.92 Å². The normalized spacial score (nSPS) is 21.4. The van der Waals surface area contributed by atoms with Crippen molar-refractivity contribution >= 4 is 58.4 Å². The number of rotatable bonds is 5. The highest BCUT2D eigenvalue weighted by atomic mass is 35.5. The van der Waals surface area contributed by atoms with E-state index in [2.05, 4.69) is 26.3 Å². The first-order valence-corrected chi connectivity index (χ1v) is 18.0. The fourth-order valence-electron chi connectivity index (χ4n) is 5.51. The number of carbonyl (C=O) groups is 6. The largest absolute Gasteiger partial charge is 0.496 e. The molecule has 1 aromatic heterocycles. The number of hydrogen-bond donors (Lipinski definition) is 4. The molecule has 2 heterocycles. The summed E-state index contributed by atoms with van der Waals surface area (Å²) < 4.78 is 5.41. The average molecular weight is 754 g/mol. The third kappa shape index (κ3) is 10.3. The molecule has 0 radical (unpaired) electrons. The van der Waals surface area contributed by atoms with Crippen molar-refractivity contribution < 1.29 is 33.5 Å². The number of ether oxygens (including phenoxy) is 1. The van der Waals surface area contributed by atoms with E-state index in [0.29, 0.717) is 16.5 Å². The molecule has 0 saturated heterocycles. The Labute approximate surface area is 311 Å². The minimum Gasteiger partial charge on any atom is -0.496 e. The van der Waals surface area contributed by atoms with Crippen LogP contribution in [0.2, 0.25) is 5.02 Å².